The van der Waals surface area contributed by atoms with Crippen molar-refractivity contribution in [2.24, 2.45) is 17.6 Å². The van der Waals surface area contributed by atoms with E-state index < -0.39 is 11.7 Å². The van der Waals surface area contributed by atoms with Crippen LogP contribution >= 0.6 is 12.2 Å². The van der Waals surface area contributed by atoms with Gasteiger partial charge in [0.15, 0.2) is 0 Å². The second-order valence-electron chi connectivity index (χ2n) is 5.45. The van der Waals surface area contributed by atoms with Crippen molar-refractivity contribution in [3.8, 4) is 0 Å². The molecule has 1 aliphatic heterocycles. The van der Waals surface area contributed by atoms with Crippen molar-refractivity contribution in [2.45, 2.75) is 20.0 Å². The predicted octanol–water partition coefficient (Wildman–Crippen LogP) is 3.43. The van der Waals surface area contributed by atoms with E-state index in [1.165, 1.54) is 6.07 Å². The van der Waals surface area contributed by atoms with E-state index in [2.05, 4.69) is 18.7 Å². The molecule has 2 nitrogen and oxygen atoms in total. The van der Waals surface area contributed by atoms with Gasteiger partial charge in [-0.3, -0.25) is 0 Å². The third kappa shape index (κ3) is 2.90. The van der Waals surface area contributed by atoms with Crippen LogP contribution in [0.4, 0.5) is 18.9 Å². The Labute approximate surface area is 121 Å². The zero-order chi connectivity index (χ0) is 15.1. The first-order valence-electron chi connectivity index (χ1n) is 6.46. The monoisotopic (exact) mass is 302 g/mol. The van der Waals surface area contributed by atoms with Crippen LogP contribution in [0.25, 0.3) is 0 Å². The molecule has 1 heterocycles. The Morgan fingerprint density at radius 2 is 1.80 bits per heavy atom. The van der Waals surface area contributed by atoms with Crippen LogP contribution in [0.2, 0.25) is 0 Å². The fraction of sp³-hybridized carbons (Fsp3) is 0.500. The zero-order valence-corrected chi connectivity index (χ0v) is 12.2. The van der Waals surface area contributed by atoms with E-state index in [1.807, 2.05) is 0 Å². The Balaban J connectivity index is 2.41. The number of rotatable bonds is 2. The van der Waals surface area contributed by atoms with Crippen molar-refractivity contribution in [1.29, 1.82) is 0 Å². The van der Waals surface area contributed by atoms with Crippen LogP contribution in [-0.4, -0.2) is 18.1 Å². The summed E-state index contributed by atoms with van der Waals surface area (Å²) in [4.78, 5) is 2.06. The number of thiocarbonyl (C=S) groups is 1. The third-order valence-electron chi connectivity index (χ3n) is 3.92. The van der Waals surface area contributed by atoms with Crippen LogP contribution in [0.1, 0.15) is 25.0 Å². The Morgan fingerprint density at radius 3 is 2.25 bits per heavy atom. The SMILES string of the molecule is CC1CN(c2ccc(C(F)(F)F)cc2C(N)=S)CC1C. The third-order valence-corrected chi connectivity index (χ3v) is 4.14. The number of nitrogens with zero attached hydrogens (tertiary/aromatic N) is 1. The number of hydrogen-bond acceptors (Lipinski definition) is 2. The van der Waals surface area contributed by atoms with Crippen molar-refractivity contribution in [1.82, 2.24) is 0 Å². The van der Waals surface area contributed by atoms with Crippen molar-refractivity contribution < 1.29 is 13.2 Å². The lowest BCUT2D eigenvalue weighted by atomic mass is 10.0. The molecule has 0 amide bonds. The molecule has 1 fully saturated rings. The number of alkyl halides is 3. The lowest BCUT2D eigenvalue weighted by Crippen LogP contribution is -2.24. The van der Waals surface area contributed by atoms with Gasteiger partial charge >= 0.3 is 6.18 Å². The van der Waals surface area contributed by atoms with E-state index >= 15 is 0 Å². The Bertz CT molecular complexity index is 518. The van der Waals surface area contributed by atoms with Crippen molar-refractivity contribution in [3.63, 3.8) is 0 Å². The van der Waals surface area contributed by atoms with Gasteiger partial charge in [-0.1, -0.05) is 26.1 Å². The van der Waals surface area contributed by atoms with Gasteiger partial charge in [0.1, 0.15) is 4.99 Å². The van der Waals surface area contributed by atoms with Crippen LogP contribution in [0, 0.1) is 11.8 Å². The second-order valence-corrected chi connectivity index (χ2v) is 5.89. The minimum atomic E-state index is -4.39. The molecule has 2 N–H and O–H groups in total. The van der Waals surface area contributed by atoms with Gasteiger partial charge in [0.25, 0.3) is 0 Å². The fourth-order valence-corrected chi connectivity index (χ4v) is 2.68. The summed E-state index contributed by atoms with van der Waals surface area (Å²) in [6, 6.07) is 3.61. The Hall–Kier alpha value is -1.30. The summed E-state index contributed by atoms with van der Waals surface area (Å²) < 4.78 is 38.3. The lowest BCUT2D eigenvalue weighted by Gasteiger charge is -2.22. The number of hydrogen-bond donors (Lipinski definition) is 1. The molecular weight excluding hydrogens is 285 g/mol. The summed E-state index contributed by atoms with van der Waals surface area (Å²) in [6.45, 7) is 5.88. The zero-order valence-electron chi connectivity index (χ0n) is 11.4. The lowest BCUT2D eigenvalue weighted by molar-refractivity contribution is -0.137. The average molecular weight is 302 g/mol. The van der Waals surface area contributed by atoms with E-state index in [0.29, 0.717) is 23.1 Å². The highest BCUT2D eigenvalue weighted by atomic mass is 32.1. The van der Waals surface area contributed by atoms with Gasteiger partial charge in [0.2, 0.25) is 0 Å². The molecule has 110 valence electrons. The number of nitrogens with two attached hydrogens (primary N) is 1. The number of benzene rings is 1. The molecule has 0 radical (unpaired) electrons. The Kier molecular flexibility index (Phi) is 3.95. The molecule has 1 aromatic carbocycles. The van der Waals surface area contributed by atoms with E-state index in [-0.39, 0.29) is 4.99 Å². The predicted molar refractivity (Wildman–Crippen MR) is 77.9 cm³/mol. The van der Waals surface area contributed by atoms with Gasteiger partial charge in [-0.15, -0.1) is 0 Å². The Morgan fingerprint density at radius 1 is 1.25 bits per heavy atom. The summed E-state index contributed by atoms with van der Waals surface area (Å²) in [5, 5.41) is 0. The minimum absolute atomic E-state index is 0.00157. The largest absolute Gasteiger partial charge is 0.416 e. The van der Waals surface area contributed by atoms with Gasteiger partial charge in [0, 0.05) is 24.3 Å². The summed E-state index contributed by atoms with van der Waals surface area (Å²) in [6.07, 6.45) is -4.39. The van der Waals surface area contributed by atoms with Crippen LogP contribution in [0.15, 0.2) is 18.2 Å². The molecule has 2 rings (SSSR count). The first-order chi connectivity index (χ1) is 9.20. The van der Waals surface area contributed by atoms with Crippen LogP contribution < -0.4 is 10.6 Å². The molecule has 1 saturated heterocycles. The van der Waals surface area contributed by atoms with Crippen molar-refractivity contribution in [3.05, 3.63) is 29.3 Å². The summed E-state index contributed by atoms with van der Waals surface area (Å²) in [5.41, 5.74) is 5.88. The molecule has 0 saturated carbocycles. The molecule has 20 heavy (non-hydrogen) atoms. The van der Waals surface area contributed by atoms with Gasteiger partial charge in [-0.05, 0) is 30.0 Å². The average Bonchev–Trinajstić information content (AvgIpc) is 2.67. The van der Waals surface area contributed by atoms with Gasteiger partial charge in [-0.25, -0.2) is 0 Å². The molecule has 0 aliphatic carbocycles. The highest BCUT2D eigenvalue weighted by Gasteiger charge is 2.33. The molecule has 0 aromatic heterocycles. The molecule has 6 heteroatoms. The van der Waals surface area contributed by atoms with Gasteiger partial charge in [-0.2, -0.15) is 13.2 Å². The number of halogens is 3. The smallest absolute Gasteiger partial charge is 0.389 e. The van der Waals surface area contributed by atoms with E-state index in [9.17, 15) is 13.2 Å². The van der Waals surface area contributed by atoms with E-state index in [0.717, 1.165) is 25.2 Å². The standard InChI is InChI=1S/C14H17F3N2S/c1-8-6-19(7-9(8)2)12-4-3-10(14(15,16)17)5-11(12)13(18)20/h3-5,8-9H,6-7H2,1-2H3,(H2,18,20). The van der Waals surface area contributed by atoms with Crippen molar-refractivity contribution in [2.75, 3.05) is 18.0 Å². The molecule has 0 spiro atoms. The summed E-state index contributed by atoms with van der Waals surface area (Å²) in [5.74, 6) is 0.993. The van der Waals surface area contributed by atoms with E-state index in [4.69, 9.17) is 18.0 Å². The second kappa shape index (κ2) is 5.24. The summed E-state index contributed by atoms with van der Waals surface area (Å²) >= 11 is 4.91. The molecule has 2 atom stereocenters. The van der Waals surface area contributed by atoms with Crippen LogP contribution in [0.3, 0.4) is 0 Å². The maximum absolute atomic E-state index is 12.8. The topological polar surface area (TPSA) is 29.3 Å². The quantitative estimate of drug-likeness (QED) is 0.849. The fourth-order valence-electron chi connectivity index (χ4n) is 2.51. The van der Waals surface area contributed by atoms with Crippen molar-refractivity contribution >= 4 is 22.9 Å². The molecule has 0 bridgehead atoms. The molecule has 1 aliphatic rings. The number of anilines is 1. The van der Waals surface area contributed by atoms with Crippen LogP contribution in [-0.2, 0) is 6.18 Å². The molecule has 1 aromatic rings. The van der Waals surface area contributed by atoms with Gasteiger partial charge in [0.05, 0.1) is 5.56 Å². The normalized spacial score (nSPS) is 23.1. The summed E-state index contributed by atoms with van der Waals surface area (Å²) in [7, 11) is 0. The van der Waals surface area contributed by atoms with Gasteiger partial charge < -0.3 is 10.6 Å². The first kappa shape index (κ1) is 15.1. The first-order valence-corrected chi connectivity index (χ1v) is 6.87. The molecule has 2 unspecified atom stereocenters. The minimum Gasteiger partial charge on any atom is -0.389 e. The maximum Gasteiger partial charge on any atom is 0.416 e. The maximum atomic E-state index is 12.8. The highest BCUT2D eigenvalue weighted by Crippen LogP contribution is 2.35. The highest BCUT2D eigenvalue weighted by molar-refractivity contribution is 7.80. The molecular formula is C14H17F3N2S. The van der Waals surface area contributed by atoms with Crippen LogP contribution in [0.5, 0.6) is 0 Å². The van der Waals surface area contributed by atoms with E-state index in [1.54, 1.807) is 0 Å².